The van der Waals surface area contributed by atoms with Gasteiger partial charge in [-0.2, -0.15) is 9.67 Å². The van der Waals surface area contributed by atoms with Gasteiger partial charge in [-0.15, -0.1) is 5.10 Å². The van der Waals surface area contributed by atoms with Gasteiger partial charge >= 0.3 is 0 Å². The van der Waals surface area contributed by atoms with Crippen LogP contribution in [-0.2, 0) is 6.54 Å². The van der Waals surface area contributed by atoms with E-state index in [0.29, 0.717) is 46.2 Å². The van der Waals surface area contributed by atoms with Crippen molar-refractivity contribution in [2.45, 2.75) is 13.5 Å². The van der Waals surface area contributed by atoms with E-state index in [9.17, 15) is 4.79 Å². The Balaban J connectivity index is 1.74. The van der Waals surface area contributed by atoms with Gasteiger partial charge in [-0.1, -0.05) is 53.6 Å². The molecule has 1 aromatic heterocycles. The van der Waals surface area contributed by atoms with Crippen LogP contribution in [0.2, 0.25) is 5.02 Å². The van der Waals surface area contributed by atoms with Gasteiger partial charge in [0.1, 0.15) is 0 Å². The van der Waals surface area contributed by atoms with Crippen LogP contribution in [0.25, 0.3) is 11.4 Å². The van der Waals surface area contributed by atoms with Gasteiger partial charge in [0.25, 0.3) is 5.91 Å². The predicted molar refractivity (Wildman–Crippen MR) is 135 cm³/mol. The van der Waals surface area contributed by atoms with Crippen LogP contribution in [0.5, 0.6) is 17.2 Å². The second-order valence-corrected chi connectivity index (χ2v) is 8.17. The Bertz CT molecular complexity index is 1310. The van der Waals surface area contributed by atoms with E-state index in [1.54, 1.807) is 12.1 Å². The van der Waals surface area contributed by atoms with Crippen LogP contribution >= 0.6 is 11.6 Å². The van der Waals surface area contributed by atoms with Crippen LogP contribution in [0.15, 0.2) is 60.7 Å². The van der Waals surface area contributed by atoms with Gasteiger partial charge in [0.15, 0.2) is 17.3 Å². The Hall–Kier alpha value is -4.04. The summed E-state index contributed by atoms with van der Waals surface area (Å²) >= 11 is 6.00. The molecule has 8 nitrogen and oxygen atoms in total. The van der Waals surface area contributed by atoms with Crippen molar-refractivity contribution in [3.05, 3.63) is 82.4 Å². The molecule has 0 saturated heterocycles. The Morgan fingerprint density at radius 2 is 1.57 bits per heavy atom. The molecule has 4 aromatic rings. The molecule has 0 aliphatic carbocycles. The first-order chi connectivity index (χ1) is 16.9. The number of aryl methyl sites for hydroxylation is 1. The number of carbonyl (C=O) groups is 1. The number of nitrogens with one attached hydrogen (secondary N) is 1. The van der Waals surface area contributed by atoms with E-state index in [-0.39, 0.29) is 0 Å². The van der Waals surface area contributed by atoms with E-state index >= 15 is 0 Å². The molecule has 3 aromatic carbocycles. The summed E-state index contributed by atoms with van der Waals surface area (Å²) in [5.41, 5.74) is 3.18. The molecule has 0 bridgehead atoms. The lowest BCUT2D eigenvalue weighted by Crippen LogP contribution is -2.18. The van der Waals surface area contributed by atoms with Crippen molar-refractivity contribution in [1.29, 1.82) is 0 Å². The van der Waals surface area contributed by atoms with Crippen molar-refractivity contribution in [1.82, 2.24) is 14.8 Å². The van der Waals surface area contributed by atoms with E-state index in [2.05, 4.69) is 15.4 Å². The van der Waals surface area contributed by atoms with Gasteiger partial charge < -0.3 is 19.5 Å². The smallest absolute Gasteiger partial charge is 0.281 e. The standard InChI is InChI=1S/C26H25ClN4O4/c1-16-5-9-18(10-6-16)24-29-26(28-15-17-7-11-20(27)12-8-17)31(30-24)25(32)19-13-21(33-2)23(35-4)22(14-19)34-3/h5-14H,15H2,1-4H3,(H,28,29,30). The number of nitrogens with zero attached hydrogens (tertiary/aromatic N) is 3. The molecule has 0 aliphatic heterocycles. The third-order valence-corrected chi connectivity index (χ3v) is 5.64. The lowest BCUT2D eigenvalue weighted by molar-refractivity contribution is 0.0946. The molecule has 180 valence electrons. The van der Waals surface area contributed by atoms with E-state index in [4.69, 9.17) is 25.8 Å². The molecule has 0 amide bonds. The number of halogens is 1. The van der Waals surface area contributed by atoms with E-state index < -0.39 is 5.91 Å². The lowest BCUT2D eigenvalue weighted by Gasteiger charge is -2.14. The molecule has 4 rings (SSSR count). The largest absolute Gasteiger partial charge is 0.493 e. The zero-order valence-corrected chi connectivity index (χ0v) is 20.6. The molecular weight excluding hydrogens is 468 g/mol. The van der Waals surface area contributed by atoms with Gasteiger partial charge in [0.05, 0.1) is 21.3 Å². The summed E-state index contributed by atoms with van der Waals surface area (Å²) in [6, 6.07) is 18.4. The summed E-state index contributed by atoms with van der Waals surface area (Å²) in [5.74, 6) is 1.44. The second-order valence-electron chi connectivity index (χ2n) is 7.74. The van der Waals surface area contributed by atoms with Crippen LogP contribution in [0, 0.1) is 6.92 Å². The zero-order valence-electron chi connectivity index (χ0n) is 19.8. The Morgan fingerprint density at radius 1 is 0.943 bits per heavy atom. The maximum absolute atomic E-state index is 13.6. The second kappa shape index (κ2) is 10.5. The van der Waals surface area contributed by atoms with Gasteiger partial charge in [-0.05, 0) is 36.8 Å². The van der Waals surface area contributed by atoms with Crippen molar-refractivity contribution in [3.8, 4) is 28.6 Å². The summed E-state index contributed by atoms with van der Waals surface area (Å²) in [5, 5.41) is 8.39. The number of rotatable bonds is 8. The Kier molecular flexibility index (Phi) is 7.22. The number of hydrogen-bond donors (Lipinski definition) is 1. The summed E-state index contributed by atoms with van der Waals surface area (Å²) in [7, 11) is 4.50. The number of methoxy groups -OCH3 is 3. The highest BCUT2D eigenvalue weighted by atomic mass is 35.5. The fourth-order valence-electron chi connectivity index (χ4n) is 3.50. The number of aromatic nitrogens is 3. The van der Waals surface area contributed by atoms with E-state index in [1.807, 2.05) is 55.5 Å². The van der Waals surface area contributed by atoms with Crippen LogP contribution in [0.1, 0.15) is 21.5 Å². The summed E-state index contributed by atoms with van der Waals surface area (Å²) < 4.78 is 17.4. The highest BCUT2D eigenvalue weighted by molar-refractivity contribution is 6.30. The molecule has 1 heterocycles. The van der Waals surface area contributed by atoms with Gasteiger partial charge in [0.2, 0.25) is 11.7 Å². The molecule has 35 heavy (non-hydrogen) atoms. The van der Waals surface area contributed by atoms with Crippen molar-refractivity contribution in [2.24, 2.45) is 0 Å². The van der Waals surface area contributed by atoms with Gasteiger partial charge in [-0.25, -0.2) is 0 Å². The fraction of sp³-hybridized carbons (Fsp3) is 0.192. The average Bonchev–Trinajstić information content (AvgIpc) is 3.31. The van der Waals surface area contributed by atoms with E-state index in [0.717, 1.165) is 16.7 Å². The van der Waals surface area contributed by atoms with Crippen LogP contribution < -0.4 is 19.5 Å². The first-order valence-electron chi connectivity index (χ1n) is 10.8. The number of hydrogen-bond acceptors (Lipinski definition) is 7. The summed E-state index contributed by atoms with van der Waals surface area (Å²) in [6.07, 6.45) is 0. The Morgan fingerprint density at radius 3 is 2.14 bits per heavy atom. The van der Waals surface area contributed by atoms with E-state index in [1.165, 1.54) is 26.0 Å². The number of benzene rings is 3. The number of carbonyl (C=O) groups excluding carboxylic acids is 1. The predicted octanol–water partition coefficient (Wildman–Crippen LogP) is 5.23. The molecule has 0 spiro atoms. The van der Waals surface area contributed by atoms with Crippen LogP contribution in [0.4, 0.5) is 5.95 Å². The third-order valence-electron chi connectivity index (χ3n) is 5.38. The fourth-order valence-corrected chi connectivity index (χ4v) is 3.63. The van der Waals surface area contributed by atoms with Crippen LogP contribution in [-0.4, -0.2) is 42.0 Å². The summed E-state index contributed by atoms with van der Waals surface area (Å²) in [6.45, 7) is 2.43. The first kappa shape index (κ1) is 24.1. The quantitative estimate of drug-likeness (QED) is 0.360. The SMILES string of the molecule is COc1cc(C(=O)n2nc(-c3ccc(C)cc3)nc2NCc2ccc(Cl)cc2)cc(OC)c1OC. The molecule has 1 N–H and O–H groups in total. The zero-order chi connectivity index (χ0) is 24.9. The maximum atomic E-state index is 13.6. The molecule has 9 heteroatoms. The van der Waals surface area contributed by atoms with Crippen LogP contribution in [0.3, 0.4) is 0 Å². The number of anilines is 1. The normalized spacial score (nSPS) is 10.7. The highest BCUT2D eigenvalue weighted by Gasteiger charge is 2.22. The van der Waals surface area contributed by atoms with Crippen molar-refractivity contribution < 1.29 is 19.0 Å². The average molecular weight is 493 g/mol. The molecule has 0 fully saturated rings. The minimum absolute atomic E-state index is 0.300. The number of ether oxygens (including phenoxy) is 3. The summed E-state index contributed by atoms with van der Waals surface area (Å²) in [4.78, 5) is 18.2. The van der Waals surface area contributed by atoms with Crippen molar-refractivity contribution in [3.63, 3.8) is 0 Å². The lowest BCUT2D eigenvalue weighted by atomic mass is 10.1. The third kappa shape index (κ3) is 5.22. The minimum Gasteiger partial charge on any atom is -0.493 e. The Labute approximate surface area is 208 Å². The molecule has 0 atom stereocenters. The minimum atomic E-state index is -0.409. The van der Waals surface area contributed by atoms with Gasteiger partial charge in [0, 0.05) is 22.7 Å². The maximum Gasteiger partial charge on any atom is 0.281 e. The molecule has 0 aliphatic rings. The monoisotopic (exact) mass is 492 g/mol. The highest BCUT2D eigenvalue weighted by Crippen LogP contribution is 2.38. The molecule has 0 radical (unpaired) electrons. The van der Waals surface area contributed by atoms with Gasteiger partial charge in [-0.3, -0.25) is 4.79 Å². The first-order valence-corrected chi connectivity index (χ1v) is 11.2. The molecule has 0 unspecified atom stereocenters. The van der Waals surface area contributed by atoms with Crippen molar-refractivity contribution in [2.75, 3.05) is 26.6 Å². The molecule has 0 saturated carbocycles. The topological polar surface area (TPSA) is 87.5 Å². The molecular formula is C26H25ClN4O4. The van der Waals surface area contributed by atoms with Crippen molar-refractivity contribution >= 4 is 23.5 Å².